The average molecular weight is 259 g/mol. The summed E-state index contributed by atoms with van der Waals surface area (Å²) in [6, 6.07) is 0. The Morgan fingerprint density at radius 3 is 1.65 bits per heavy atom. The molecule has 0 bridgehead atoms. The van der Waals surface area contributed by atoms with Crippen LogP contribution in [-0.2, 0) is 0 Å². The average Bonchev–Trinajstić information content (AvgIpc) is 2.32. The van der Waals surface area contributed by atoms with E-state index in [-0.39, 0.29) is 0 Å². The first-order valence-corrected chi connectivity index (χ1v) is 8.34. The van der Waals surface area contributed by atoms with Crippen molar-refractivity contribution in [3.63, 3.8) is 0 Å². The van der Waals surface area contributed by atoms with Gasteiger partial charge in [0.2, 0.25) is 0 Å². The smallest absolute Gasteiger partial charge is 0.00954 e. The number of unbranched alkanes of at least 4 members (excludes halogenated alkanes) is 1. The maximum atomic E-state index is 4.30. The highest BCUT2D eigenvalue weighted by atomic mass is 32.1. The molecule has 0 aliphatic carbocycles. The summed E-state index contributed by atoms with van der Waals surface area (Å²) in [6.07, 6.45) is 11.2. The van der Waals surface area contributed by atoms with Crippen molar-refractivity contribution in [2.24, 2.45) is 17.8 Å². The third-order valence-corrected chi connectivity index (χ3v) is 4.37. The zero-order valence-corrected chi connectivity index (χ0v) is 13.4. The van der Waals surface area contributed by atoms with Crippen molar-refractivity contribution in [1.82, 2.24) is 0 Å². The van der Waals surface area contributed by atoms with E-state index in [1.54, 1.807) is 0 Å². The van der Waals surface area contributed by atoms with Crippen LogP contribution in [-0.4, -0.2) is 5.75 Å². The van der Waals surface area contributed by atoms with Crippen LogP contribution in [0.4, 0.5) is 0 Å². The Morgan fingerprint density at radius 1 is 0.706 bits per heavy atom. The number of rotatable bonds is 11. The maximum Gasteiger partial charge on any atom is -0.00954 e. The van der Waals surface area contributed by atoms with Crippen molar-refractivity contribution in [3.05, 3.63) is 0 Å². The molecule has 0 aromatic rings. The molecule has 0 radical (unpaired) electrons. The van der Waals surface area contributed by atoms with Crippen LogP contribution in [0.2, 0.25) is 0 Å². The van der Waals surface area contributed by atoms with Crippen molar-refractivity contribution in [3.8, 4) is 0 Å². The van der Waals surface area contributed by atoms with E-state index in [0.29, 0.717) is 0 Å². The minimum absolute atomic E-state index is 0.870. The molecule has 0 aliphatic heterocycles. The van der Waals surface area contributed by atoms with Gasteiger partial charge in [-0.25, -0.2) is 0 Å². The highest BCUT2D eigenvalue weighted by Crippen LogP contribution is 2.21. The molecule has 0 aliphatic rings. The fourth-order valence-electron chi connectivity index (χ4n) is 2.27. The highest BCUT2D eigenvalue weighted by molar-refractivity contribution is 7.80. The minimum atomic E-state index is 0.870. The van der Waals surface area contributed by atoms with Crippen molar-refractivity contribution < 1.29 is 0 Å². The van der Waals surface area contributed by atoms with Gasteiger partial charge in [0, 0.05) is 0 Å². The molecule has 0 spiro atoms. The van der Waals surface area contributed by atoms with Crippen LogP contribution >= 0.6 is 12.6 Å². The zero-order valence-electron chi connectivity index (χ0n) is 12.5. The summed E-state index contributed by atoms with van der Waals surface area (Å²) in [5, 5.41) is 0. The van der Waals surface area contributed by atoms with E-state index in [0.717, 1.165) is 23.5 Å². The van der Waals surface area contributed by atoms with Crippen LogP contribution in [0.25, 0.3) is 0 Å². The molecular formula is C16H34S. The normalized spacial score (nSPS) is 16.8. The van der Waals surface area contributed by atoms with E-state index in [9.17, 15) is 0 Å². The highest BCUT2D eigenvalue weighted by Gasteiger charge is 2.06. The number of thiol groups is 1. The molecule has 3 unspecified atom stereocenters. The van der Waals surface area contributed by atoms with E-state index in [2.05, 4.69) is 40.3 Å². The predicted molar refractivity (Wildman–Crippen MR) is 84.0 cm³/mol. The first kappa shape index (κ1) is 17.4. The van der Waals surface area contributed by atoms with Crippen LogP contribution < -0.4 is 0 Å². The molecule has 0 heterocycles. The fourth-order valence-corrected chi connectivity index (χ4v) is 2.71. The van der Waals surface area contributed by atoms with Gasteiger partial charge >= 0.3 is 0 Å². The zero-order chi connectivity index (χ0) is 13.1. The maximum absolute atomic E-state index is 4.30. The van der Waals surface area contributed by atoms with Crippen molar-refractivity contribution in [2.75, 3.05) is 5.75 Å². The van der Waals surface area contributed by atoms with E-state index < -0.39 is 0 Å². The van der Waals surface area contributed by atoms with Crippen LogP contribution in [0.3, 0.4) is 0 Å². The van der Waals surface area contributed by atoms with Gasteiger partial charge in [0.15, 0.2) is 0 Å². The summed E-state index contributed by atoms with van der Waals surface area (Å²) in [5.41, 5.74) is 0. The minimum Gasteiger partial charge on any atom is -0.179 e. The summed E-state index contributed by atoms with van der Waals surface area (Å²) in [6.45, 7) is 9.47. The Kier molecular flexibility index (Phi) is 11.7. The van der Waals surface area contributed by atoms with E-state index in [1.807, 2.05) is 0 Å². The molecule has 0 rings (SSSR count). The molecule has 0 saturated carbocycles. The standard InChI is InChI=1S/C16H34S/c1-5-14(2)8-6-7-9-15(3)10-11-16(4)12-13-17/h14-17H,5-13H2,1-4H3. The van der Waals surface area contributed by atoms with Gasteiger partial charge in [-0.05, 0) is 29.9 Å². The SMILES string of the molecule is CCC(C)CCCCC(C)CCC(C)CCS. The van der Waals surface area contributed by atoms with Crippen LogP contribution in [0, 0.1) is 17.8 Å². The molecule has 1 heteroatoms. The Bertz CT molecular complexity index is 156. The first-order chi connectivity index (χ1) is 8.10. The molecule has 3 atom stereocenters. The molecule has 104 valence electrons. The van der Waals surface area contributed by atoms with E-state index >= 15 is 0 Å². The third kappa shape index (κ3) is 11.2. The van der Waals surface area contributed by atoms with Gasteiger partial charge in [0.05, 0.1) is 0 Å². The molecule has 0 amide bonds. The van der Waals surface area contributed by atoms with Gasteiger partial charge in [-0.15, -0.1) is 0 Å². The lowest BCUT2D eigenvalue weighted by atomic mass is 9.92. The molecule has 0 aromatic heterocycles. The second-order valence-corrected chi connectivity index (χ2v) is 6.55. The lowest BCUT2D eigenvalue weighted by molar-refractivity contribution is 0.386. The Labute approximate surface area is 115 Å². The monoisotopic (exact) mass is 258 g/mol. The van der Waals surface area contributed by atoms with Crippen molar-refractivity contribution in [1.29, 1.82) is 0 Å². The Morgan fingerprint density at radius 2 is 1.18 bits per heavy atom. The Hall–Kier alpha value is 0.350. The van der Waals surface area contributed by atoms with Gasteiger partial charge in [0.1, 0.15) is 0 Å². The summed E-state index contributed by atoms with van der Waals surface area (Å²) in [4.78, 5) is 0. The van der Waals surface area contributed by atoms with Gasteiger partial charge < -0.3 is 0 Å². The van der Waals surface area contributed by atoms with Gasteiger partial charge in [-0.1, -0.05) is 72.6 Å². The van der Waals surface area contributed by atoms with Crippen LogP contribution in [0.5, 0.6) is 0 Å². The summed E-state index contributed by atoms with van der Waals surface area (Å²) in [7, 11) is 0. The lowest BCUT2D eigenvalue weighted by Crippen LogP contribution is -2.01. The largest absolute Gasteiger partial charge is 0.179 e. The van der Waals surface area contributed by atoms with E-state index in [1.165, 1.54) is 51.4 Å². The van der Waals surface area contributed by atoms with Gasteiger partial charge in [-0.3, -0.25) is 0 Å². The number of hydrogen-bond acceptors (Lipinski definition) is 1. The summed E-state index contributed by atoms with van der Waals surface area (Å²) < 4.78 is 0. The van der Waals surface area contributed by atoms with Gasteiger partial charge in [0.25, 0.3) is 0 Å². The molecule has 17 heavy (non-hydrogen) atoms. The van der Waals surface area contributed by atoms with Crippen molar-refractivity contribution >= 4 is 12.6 Å². The molecule has 0 fully saturated rings. The van der Waals surface area contributed by atoms with E-state index in [4.69, 9.17) is 0 Å². The Balaban J connectivity index is 3.37. The molecule has 0 saturated heterocycles. The number of hydrogen-bond donors (Lipinski definition) is 1. The fraction of sp³-hybridized carbons (Fsp3) is 1.00. The second-order valence-electron chi connectivity index (χ2n) is 6.10. The summed E-state index contributed by atoms with van der Waals surface area (Å²) in [5.74, 6) is 3.77. The second kappa shape index (κ2) is 11.4. The summed E-state index contributed by atoms with van der Waals surface area (Å²) >= 11 is 4.30. The molecule has 0 nitrogen and oxygen atoms in total. The molecular weight excluding hydrogens is 224 g/mol. The topological polar surface area (TPSA) is 0 Å². The molecule has 0 N–H and O–H groups in total. The molecule has 0 aromatic carbocycles. The predicted octanol–water partition coefficient (Wildman–Crippen LogP) is 5.97. The quantitative estimate of drug-likeness (QED) is 0.343. The first-order valence-electron chi connectivity index (χ1n) is 7.70. The van der Waals surface area contributed by atoms with Crippen LogP contribution in [0.15, 0.2) is 0 Å². The van der Waals surface area contributed by atoms with Crippen LogP contribution in [0.1, 0.15) is 79.1 Å². The lowest BCUT2D eigenvalue weighted by Gasteiger charge is -2.15. The van der Waals surface area contributed by atoms with Crippen molar-refractivity contribution in [2.45, 2.75) is 79.1 Å². The van der Waals surface area contributed by atoms with Gasteiger partial charge in [-0.2, -0.15) is 12.6 Å². The third-order valence-electron chi connectivity index (χ3n) is 4.11.